The number of ether oxygens (including phenoxy) is 1. The summed E-state index contributed by atoms with van der Waals surface area (Å²) >= 11 is 0. The van der Waals surface area contributed by atoms with E-state index in [1.54, 1.807) is 0 Å². The molecule has 0 radical (unpaired) electrons. The van der Waals surface area contributed by atoms with E-state index in [1.807, 2.05) is 30.3 Å². The van der Waals surface area contributed by atoms with Gasteiger partial charge in [-0.2, -0.15) is 13.0 Å². The summed E-state index contributed by atoms with van der Waals surface area (Å²) < 4.78 is 41.8. The number of unbranched alkanes of at least 4 members (excludes halogenated alkanes) is 4. The number of benzene rings is 4. The average Bonchev–Trinajstić information content (AvgIpc) is 3.56. The summed E-state index contributed by atoms with van der Waals surface area (Å²) in [5, 5.41) is 2.56. The Morgan fingerprint density at radius 3 is 2.38 bits per heavy atom. The number of fused-ring (bicyclic) bond motifs is 4. The van der Waals surface area contributed by atoms with Gasteiger partial charge in [0.1, 0.15) is 18.1 Å². The molecule has 0 amide bonds. The van der Waals surface area contributed by atoms with E-state index in [0.29, 0.717) is 19.4 Å². The highest BCUT2D eigenvalue weighted by Gasteiger charge is 2.45. The second-order valence-corrected chi connectivity index (χ2v) is 18.4. The van der Waals surface area contributed by atoms with Crippen LogP contribution in [0.5, 0.6) is 5.75 Å². The largest absolute Gasteiger partial charge is 0.457 e. The zero-order valence-corrected chi connectivity index (χ0v) is 35.3. The summed E-state index contributed by atoms with van der Waals surface area (Å²) in [4.78, 5) is 2.32. The Bertz CT molecular complexity index is 2480. The minimum Gasteiger partial charge on any atom is -0.457 e. The van der Waals surface area contributed by atoms with Gasteiger partial charge in [-0.15, -0.1) is 12.3 Å². The molecule has 1 aliphatic carbocycles. The summed E-state index contributed by atoms with van der Waals surface area (Å²) in [7, 11) is -4.01. The van der Waals surface area contributed by atoms with Crippen LogP contribution in [-0.4, -0.2) is 42.1 Å². The first-order valence-electron chi connectivity index (χ1n) is 20.9. The molecular formula is C51H57N2O4S+. The van der Waals surface area contributed by atoms with Crippen molar-refractivity contribution in [1.29, 1.82) is 0 Å². The standard InChI is InChI=1S/C51H56N2O4S/c1-6-7-8-9-17-35-53-45-32-29-38-21-13-14-26-42(38)48(45)51(4,5)47(53)34-31-40-23-20-22-39(49(40)57-41-24-11-10-12-25-41)30-33-46-50(2,3)43-27-15-16-28-44(43)52(46)36-18-19-37-58(54,55)56/h1,10-16,21,24-34H,7-9,17-20,22-23,35-37H2,2-5H3/p+1. The SMILES string of the molecule is C#CCCCCC[N+]1=C(/C=C/C2=C(Oc3ccccc3)C(=C/C=C3\N(CCCCS(=O)(=O)O)c4ccccc4C3(C)C)/CCC2)C(C)(C)c2c1ccc1ccccc21. The molecule has 0 fully saturated rings. The number of nitrogens with zero attached hydrogens (tertiary/aromatic N) is 2. The van der Waals surface area contributed by atoms with Gasteiger partial charge in [-0.05, 0) is 123 Å². The van der Waals surface area contributed by atoms with E-state index in [2.05, 4.69) is 128 Å². The fourth-order valence-corrected chi connectivity index (χ4v) is 9.77. The van der Waals surface area contributed by atoms with Gasteiger partial charge in [0.25, 0.3) is 10.1 Å². The van der Waals surface area contributed by atoms with Gasteiger partial charge in [0.05, 0.1) is 11.2 Å². The van der Waals surface area contributed by atoms with Crippen LogP contribution in [0.1, 0.15) is 96.6 Å². The maximum atomic E-state index is 11.5. The molecule has 0 saturated carbocycles. The first-order chi connectivity index (χ1) is 27.9. The highest BCUT2D eigenvalue weighted by atomic mass is 32.2. The van der Waals surface area contributed by atoms with Crippen molar-refractivity contribution >= 4 is 38.0 Å². The Balaban J connectivity index is 1.29. The molecule has 1 N–H and O–H groups in total. The lowest BCUT2D eigenvalue weighted by Gasteiger charge is -2.27. The first kappa shape index (κ1) is 41.0. The molecule has 4 aromatic carbocycles. The molecule has 7 heteroatoms. The highest BCUT2D eigenvalue weighted by molar-refractivity contribution is 7.85. The first-order valence-corrected chi connectivity index (χ1v) is 22.5. The molecule has 0 spiro atoms. The molecule has 0 aromatic heterocycles. The minimum atomic E-state index is -4.01. The number of terminal acetylenes is 1. The van der Waals surface area contributed by atoms with Crippen LogP contribution >= 0.6 is 0 Å². The van der Waals surface area contributed by atoms with Gasteiger partial charge < -0.3 is 9.64 Å². The molecule has 6 nitrogen and oxygen atoms in total. The van der Waals surface area contributed by atoms with E-state index in [0.717, 1.165) is 80.0 Å². The fraction of sp³-hybridized carbons (Fsp3) is 0.353. The second kappa shape index (κ2) is 17.4. The van der Waals surface area contributed by atoms with Crippen molar-refractivity contribution in [2.24, 2.45) is 0 Å². The molecular weight excluding hydrogens is 737 g/mol. The summed E-state index contributed by atoms with van der Waals surface area (Å²) in [5.41, 5.74) is 9.31. The van der Waals surface area contributed by atoms with Crippen molar-refractivity contribution in [3.8, 4) is 18.1 Å². The van der Waals surface area contributed by atoms with E-state index in [-0.39, 0.29) is 16.6 Å². The van der Waals surface area contributed by atoms with Crippen molar-refractivity contribution in [3.05, 3.63) is 149 Å². The van der Waals surface area contributed by atoms with E-state index in [1.165, 1.54) is 38.9 Å². The molecule has 2 aliphatic heterocycles. The average molecular weight is 794 g/mol. The van der Waals surface area contributed by atoms with Gasteiger partial charge in [-0.1, -0.05) is 80.6 Å². The van der Waals surface area contributed by atoms with Crippen molar-refractivity contribution in [3.63, 3.8) is 0 Å². The Morgan fingerprint density at radius 2 is 1.59 bits per heavy atom. The van der Waals surface area contributed by atoms with Crippen molar-refractivity contribution in [2.75, 3.05) is 23.7 Å². The number of hydrogen-bond donors (Lipinski definition) is 1. The summed E-state index contributed by atoms with van der Waals surface area (Å²) in [6.45, 7) is 10.8. The minimum absolute atomic E-state index is 0.224. The Hall–Kier alpha value is -5.16. The third-order valence-electron chi connectivity index (χ3n) is 12.1. The van der Waals surface area contributed by atoms with E-state index in [4.69, 9.17) is 11.2 Å². The van der Waals surface area contributed by atoms with Crippen LogP contribution in [0.3, 0.4) is 0 Å². The van der Waals surface area contributed by atoms with E-state index in [9.17, 15) is 13.0 Å². The molecule has 58 heavy (non-hydrogen) atoms. The topological polar surface area (TPSA) is 69.8 Å². The molecule has 7 rings (SSSR count). The number of para-hydroxylation sites is 2. The number of rotatable bonds is 15. The zero-order chi connectivity index (χ0) is 40.9. The van der Waals surface area contributed by atoms with Crippen LogP contribution in [-0.2, 0) is 20.9 Å². The zero-order valence-electron chi connectivity index (χ0n) is 34.5. The van der Waals surface area contributed by atoms with Crippen molar-refractivity contribution in [2.45, 2.75) is 96.3 Å². The Morgan fingerprint density at radius 1 is 0.828 bits per heavy atom. The molecule has 2 heterocycles. The van der Waals surface area contributed by atoms with Gasteiger partial charge in [-0.25, -0.2) is 0 Å². The normalized spacial score (nSPS) is 18.7. The van der Waals surface area contributed by atoms with Gasteiger partial charge in [0, 0.05) is 53.9 Å². The van der Waals surface area contributed by atoms with Gasteiger partial charge >= 0.3 is 0 Å². The van der Waals surface area contributed by atoms with Crippen molar-refractivity contribution < 1.29 is 22.3 Å². The van der Waals surface area contributed by atoms with Gasteiger partial charge in [-0.3, -0.25) is 4.55 Å². The number of hydrogen-bond acceptors (Lipinski definition) is 4. The van der Waals surface area contributed by atoms with E-state index >= 15 is 0 Å². The quantitative estimate of drug-likeness (QED) is 0.0562. The molecule has 0 saturated heterocycles. The van der Waals surface area contributed by atoms with Crippen LogP contribution in [0.15, 0.2) is 138 Å². The van der Waals surface area contributed by atoms with Gasteiger partial charge in [0.15, 0.2) is 5.71 Å². The third-order valence-corrected chi connectivity index (χ3v) is 12.9. The Kier molecular flexibility index (Phi) is 12.3. The van der Waals surface area contributed by atoms with Crippen molar-refractivity contribution in [1.82, 2.24) is 0 Å². The summed E-state index contributed by atoms with van der Waals surface area (Å²) in [6.07, 6.45) is 22.6. The number of anilines is 1. The lowest BCUT2D eigenvalue weighted by molar-refractivity contribution is -0.438. The highest BCUT2D eigenvalue weighted by Crippen LogP contribution is 2.48. The third kappa shape index (κ3) is 8.65. The smallest absolute Gasteiger partial charge is 0.264 e. The van der Waals surface area contributed by atoms with E-state index < -0.39 is 10.1 Å². The Labute approximate surface area is 346 Å². The predicted molar refractivity (Wildman–Crippen MR) is 240 cm³/mol. The second-order valence-electron chi connectivity index (χ2n) is 16.8. The predicted octanol–water partition coefficient (Wildman–Crippen LogP) is 11.8. The maximum absolute atomic E-state index is 11.5. The monoisotopic (exact) mass is 793 g/mol. The molecule has 3 aliphatic rings. The van der Waals surface area contributed by atoms with Crippen LogP contribution in [0, 0.1) is 12.3 Å². The molecule has 300 valence electrons. The van der Waals surface area contributed by atoms with Crippen LogP contribution in [0.4, 0.5) is 11.4 Å². The van der Waals surface area contributed by atoms with Crippen LogP contribution in [0.2, 0.25) is 0 Å². The fourth-order valence-electron chi connectivity index (χ4n) is 9.20. The summed E-state index contributed by atoms with van der Waals surface area (Å²) in [6, 6.07) is 31.8. The van der Waals surface area contributed by atoms with Crippen LogP contribution < -0.4 is 9.64 Å². The molecule has 0 atom stereocenters. The lowest BCUT2D eigenvalue weighted by atomic mass is 9.78. The maximum Gasteiger partial charge on any atom is 0.264 e. The lowest BCUT2D eigenvalue weighted by Crippen LogP contribution is -2.28. The molecule has 0 bridgehead atoms. The number of allylic oxidation sites excluding steroid dienone is 7. The molecule has 4 aromatic rings. The molecule has 0 unspecified atom stereocenters. The van der Waals surface area contributed by atoms with Gasteiger partial charge in [0.2, 0.25) is 5.69 Å². The van der Waals surface area contributed by atoms with Crippen LogP contribution in [0.25, 0.3) is 10.8 Å². The summed E-state index contributed by atoms with van der Waals surface area (Å²) in [5.74, 6) is 4.27.